The molecular formula is C16H25FN2O2. The van der Waals surface area contributed by atoms with Crippen LogP contribution in [0.4, 0.5) is 15.8 Å². The van der Waals surface area contributed by atoms with E-state index in [1.54, 1.807) is 13.2 Å². The molecular weight excluding hydrogens is 271 g/mol. The van der Waals surface area contributed by atoms with E-state index < -0.39 is 0 Å². The van der Waals surface area contributed by atoms with Crippen molar-refractivity contribution in [3.63, 3.8) is 0 Å². The number of ether oxygens (including phenoxy) is 2. The number of piperidine rings is 1. The lowest BCUT2D eigenvalue weighted by molar-refractivity contribution is 0.139. The van der Waals surface area contributed by atoms with Crippen LogP contribution in [0.1, 0.15) is 26.2 Å². The van der Waals surface area contributed by atoms with Crippen LogP contribution >= 0.6 is 0 Å². The highest BCUT2D eigenvalue weighted by molar-refractivity contribution is 5.70. The van der Waals surface area contributed by atoms with E-state index in [4.69, 9.17) is 15.2 Å². The number of nitrogens with zero attached hydrogens (tertiary/aromatic N) is 1. The van der Waals surface area contributed by atoms with Crippen molar-refractivity contribution in [1.82, 2.24) is 0 Å². The van der Waals surface area contributed by atoms with Crippen molar-refractivity contribution in [3.05, 3.63) is 17.9 Å². The molecule has 2 N–H and O–H groups in total. The molecule has 0 aromatic heterocycles. The van der Waals surface area contributed by atoms with Gasteiger partial charge in [0.05, 0.1) is 18.0 Å². The summed E-state index contributed by atoms with van der Waals surface area (Å²) in [6.07, 6.45) is 2.98. The normalized spacial score (nSPS) is 16.2. The number of methoxy groups -OCH3 is 1. The Morgan fingerprint density at radius 2 is 2.05 bits per heavy atom. The van der Waals surface area contributed by atoms with E-state index in [-0.39, 0.29) is 5.82 Å². The maximum atomic E-state index is 13.8. The largest absolute Gasteiger partial charge is 0.490 e. The molecule has 0 saturated carbocycles. The predicted molar refractivity (Wildman–Crippen MR) is 83.4 cm³/mol. The van der Waals surface area contributed by atoms with Crippen molar-refractivity contribution in [2.75, 3.05) is 44.0 Å². The van der Waals surface area contributed by atoms with Gasteiger partial charge in [0, 0.05) is 38.9 Å². The van der Waals surface area contributed by atoms with Crippen LogP contribution < -0.4 is 15.4 Å². The minimum Gasteiger partial charge on any atom is -0.490 e. The maximum absolute atomic E-state index is 13.8. The van der Waals surface area contributed by atoms with Crippen molar-refractivity contribution >= 4 is 11.4 Å². The molecule has 0 spiro atoms. The molecule has 118 valence electrons. The van der Waals surface area contributed by atoms with Gasteiger partial charge in [0.25, 0.3) is 0 Å². The molecule has 0 atom stereocenters. The summed E-state index contributed by atoms with van der Waals surface area (Å²) in [5.41, 5.74) is 7.33. The summed E-state index contributed by atoms with van der Waals surface area (Å²) in [7, 11) is 1.74. The first-order valence-electron chi connectivity index (χ1n) is 7.61. The molecule has 0 amide bonds. The second-order valence-corrected chi connectivity index (χ2v) is 5.58. The first-order valence-corrected chi connectivity index (χ1v) is 7.61. The first kappa shape index (κ1) is 15.9. The average Bonchev–Trinajstić information content (AvgIpc) is 2.48. The van der Waals surface area contributed by atoms with Gasteiger partial charge >= 0.3 is 0 Å². The average molecular weight is 296 g/mol. The highest BCUT2D eigenvalue weighted by Gasteiger charge is 2.22. The summed E-state index contributed by atoms with van der Waals surface area (Å²) in [6.45, 7) is 5.14. The zero-order valence-corrected chi connectivity index (χ0v) is 12.9. The first-order chi connectivity index (χ1) is 10.2. The fraction of sp³-hybridized carbons (Fsp3) is 0.625. The molecule has 1 fully saturated rings. The van der Waals surface area contributed by atoms with E-state index in [0.717, 1.165) is 44.6 Å². The van der Waals surface area contributed by atoms with E-state index in [2.05, 4.69) is 4.90 Å². The third-order valence-electron chi connectivity index (χ3n) is 3.90. The fourth-order valence-corrected chi connectivity index (χ4v) is 2.73. The molecule has 1 saturated heterocycles. The van der Waals surface area contributed by atoms with Crippen LogP contribution in [0, 0.1) is 11.7 Å². The molecule has 21 heavy (non-hydrogen) atoms. The van der Waals surface area contributed by atoms with Crippen LogP contribution in [-0.2, 0) is 4.74 Å². The Balaban J connectivity index is 2.09. The zero-order valence-electron chi connectivity index (χ0n) is 12.9. The number of anilines is 2. The quantitative estimate of drug-likeness (QED) is 0.820. The van der Waals surface area contributed by atoms with Crippen molar-refractivity contribution in [2.24, 2.45) is 5.92 Å². The van der Waals surface area contributed by atoms with Crippen molar-refractivity contribution < 1.29 is 13.9 Å². The topological polar surface area (TPSA) is 47.7 Å². The SMILES string of the molecule is CCCOc1cc(N2CCC(COC)CC2)c(N)cc1F. The van der Waals surface area contributed by atoms with Crippen LogP contribution in [-0.4, -0.2) is 33.4 Å². The smallest absolute Gasteiger partial charge is 0.167 e. The molecule has 1 aliphatic heterocycles. The summed E-state index contributed by atoms with van der Waals surface area (Å²) in [6, 6.07) is 3.10. The highest BCUT2D eigenvalue weighted by atomic mass is 19.1. The number of halogens is 1. The number of hydrogen-bond acceptors (Lipinski definition) is 4. The van der Waals surface area contributed by atoms with Crippen molar-refractivity contribution in [3.8, 4) is 5.75 Å². The molecule has 5 heteroatoms. The molecule has 0 radical (unpaired) electrons. The lowest BCUT2D eigenvalue weighted by atomic mass is 9.97. The lowest BCUT2D eigenvalue weighted by Crippen LogP contribution is -2.35. The Bertz CT molecular complexity index is 460. The van der Waals surface area contributed by atoms with Crippen molar-refractivity contribution in [1.29, 1.82) is 0 Å². The summed E-state index contributed by atoms with van der Waals surface area (Å²) in [5.74, 6) is 0.503. The number of nitrogens with two attached hydrogens (primary N) is 1. The van der Waals surface area contributed by atoms with Gasteiger partial charge in [-0.25, -0.2) is 4.39 Å². The third-order valence-corrected chi connectivity index (χ3v) is 3.90. The Morgan fingerprint density at radius 3 is 2.67 bits per heavy atom. The second-order valence-electron chi connectivity index (χ2n) is 5.58. The van der Waals surface area contributed by atoms with E-state index in [9.17, 15) is 4.39 Å². The highest BCUT2D eigenvalue weighted by Crippen LogP contribution is 2.33. The molecule has 2 rings (SSSR count). The minimum atomic E-state index is -0.390. The number of rotatable bonds is 6. The Hall–Kier alpha value is -1.49. The van der Waals surface area contributed by atoms with E-state index >= 15 is 0 Å². The van der Waals surface area contributed by atoms with Gasteiger partial charge in [0.15, 0.2) is 11.6 Å². The summed E-state index contributed by atoms with van der Waals surface area (Å²) in [4.78, 5) is 2.21. The number of benzene rings is 1. The van der Waals surface area contributed by atoms with Crippen LogP contribution in [0.2, 0.25) is 0 Å². The van der Waals surface area contributed by atoms with E-state index in [1.165, 1.54) is 6.07 Å². The van der Waals surface area contributed by atoms with Gasteiger partial charge in [-0.15, -0.1) is 0 Å². The van der Waals surface area contributed by atoms with Crippen LogP contribution in [0.25, 0.3) is 0 Å². The molecule has 0 aliphatic carbocycles. The molecule has 1 aromatic rings. The van der Waals surface area contributed by atoms with Crippen LogP contribution in [0.3, 0.4) is 0 Å². The molecule has 4 nitrogen and oxygen atoms in total. The molecule has 1 aliphatic rings. The van der Waals surface area contributed by atoms with Gasteiger partial charge < -0.3 is 20.1 Å². The van der Waals surface area contributed by atoms with Gasteiger partial charge in [-0.05, 0) is 25.2 Å². The number of hydrogen-bond donors (Lipinski definition) is 1. The Morgan fingerprint density at radius 1 is 1.33 bits per heavy atom. The standard InChI is InChI=1S/C16H25FN2O2/c1-3-8-21-16-10-15(14(18)9-13(16)17)19-6-4-12(5-7-19)11-20-2/h9-10,12H,3-8,11,18H2,1-2H3. The molecule has 0 unspecified atom stereocenters. The van der Waals surface area contributed by atoms with Gasteiger partial charge in [0.2, 0.25) is 0 Å². The van der Waals surface area contributed by atoms with Crippen molar-refractivity contribution in [2.45, 2.75) is 26.2 Å². The van der Waals surface area contributed by atoms with E-state index in [1.807, 2.05) is 6.92 Å². The van der Waals surface area contributed by atoms with Gasteiger partial charge in [-0.1, -0.05) is 6.92 Å². The third kappa shape index (κ3) is 4.00. The van der Waals surface area contributed by atoms with Gasteiger partial charge in [-0.2, -0.15) is 0 Å². The molecule has 1 aromatic carbocycles. The zero-order chi connectivity index (χ0) is 15.2. The molecule has 0 bridgehead atoms. The predicted octanol–water partition coefficient (Wildman–Crippen LogP) is 3.06. The Labute approximate surface area is 126 Å². The Kier molecular flexibility index (Phi) is 5.67. The van der Waals surface area contributed by atoms with Gasteiger partial charge in [-0.3, -0.25) is 0 Å². The van der Waals surface area contributed by atoms with Gasteiger partial charge in [0.1, 0.15) is 0 Å². The summed E-state index contributed by atoms with van der Waals surface area (Å²) >= 11 is 0. The number of nitrogen functional groups attached to an aromatic ring is 1. The lowest BCUT2D eigenvalue weighted by Gasteiger charge is -2.34. The van der Waals surface area contributed by atoms with E-state index in [0.29, 0.717) is 24.0 Å². The van der Waals surface area contributed by atoms with Crippen LogP contribution in [0.15, 0.2) is 12.1 Å². The second kappa shape index (κ2) is 7.50. The summed E-state index contributed by atoms with van der Waals surface area (Å²) in [5, 5.41) is 0. The fourth-order valence-electron chi connectivity index (χ4n) is 2.73. The monoisotopic (exact) mass is 296 g/mol. The molecule has 1 heterocycles. The van der Waals surface area contributed by atoms with Crippen LogP contribution in [0.5, 0.6) is 5.75 Å². The minimum absolute atomic E-state index is 0.292. The summed E-state index contributed by atoms with van der Waals surface area (Å²) < 4.78 is 24.5. The maximum Gasteiger partial charge on any atom is 0.167 e.